The zero-order chi connectivity index (χ0) is 22.7. The van der Waals surface area contributed by atoms with Gasteiger partial charge in [-0.3, -0.25) is 9.59 Å². The molecule has 0 bridgehead atoms. The molecule has 1 aliphatic heterocycles. The Morgan fingerprint density at radius 1 is 1.19 bits per heavy atom. The molecule has 7 nitrogen and oxygen atoms in total. The van der Waals surface area contributed by atoms with Crippen LogP contribution in [-0.4, -0.2) is 55.2 Å². The van der Waals surface area contributed by atoms with Crippen LogP contribution in [0.25, 0.3) is 0 Å². The van der Waals surface area contributed by atoms with Crippen molar-refractivity contribution < 1.29 is 19.1 Å². The van der Waals surface area contributed by atoms with E-state index in [0.717, 1.165) is 41.8 Å². The first-order chi connectivity index (χ1) is 15.5. The molecule has 32 heavy (non-hydrogen) atoms. The fourth-order valence-electron chi connectivity index (χ4n) is 4.51. The van der Waals surface area contributed by atoms with Crippen LogP contribution in [0, 0.1) is 5.92 Å². The lowest BCUT2D eigenvalue weighted by Crippen LogP contribution is -2.41. The maximum Gasteiger partial charge on any atom is 0.262 e. The number of rotatable bonds is 7. The Hall–Kier alpha value is -2.87. The summed E-state index contributed by atoms with van der Waals surface area (Å²) in [7, 11) is 4.93. The van der Waals surface area contributed by atoms with E-state index >= 15 is 0 Å². The topological polar surface area (TPSA) is 71.4 Å². The number of hydrogen-bond donors (Lipinski definition) is 0. The third-order valence-corrected chi connectivity index (χ3v) is 7.14. The zero-order valence-electron chi connectivity index (χ0n) is 18.7. The van der Waals surface area contributed by atoms with Gasteiger partial charge in [0.25, 0.3) is 5.91 Å². The lowest BCUT2D eigenvalue weighted by Gasteiger charge is -2.27. The summed E-state index contributed by atoms with van der Waals surface area (Å²) in [6, 6.07) is 9.22. The normalized spacial score (nSPS) is 18.5. The number of hydrogen-bond acceptors (Lipinski definition) is 6. The fraction of sp³-hybridized carbons (Fsp3) is 0.458. The van der Waals surface area contributed by atoms with Gasteiger partial charge in [0.05, 0.1) is 30.9 Å². The number of thiophene rings is 1. The molecule has 0 saturated heterocycles. The molecule has 0 spiro atoms. The van der Waals surface area contributed by atoms with Crippen molar-refractivity contribution >= 4 is 28.9 Å². The van der Waals surface area contributed by atoms with Crippen LogP contribution in [0.15, 0.2) is 40.8 Å². The zero-order valence-corrected chi connectivity index (χ0v) is 19.6. The molecule has 8 heteroatoms. The molecule has 4 rings (SSSR count). The van der Waals surface area contributed by atoms with E-state index in [4.69, 9.17) is 14.6 Å². The summed E-state index contributed by atoms with van der Waals surface area (Å²) in [5.41, 5.74) is 1.69. The Morgan fingerprint density at radius 3 is 2.62 bits per heavy atom. The highest BCUT2D eigenvalue weighted by molar-refractivity contribution is 7.12. The highest BCUT2D eigenvalue weighted by Crippen LogP contribution is 2.40. The summed E-state index contributed by atoms with van der Waals surface area (Å²) >= 11 is 1.60. The SMILES string of the molecule is COc1ccc(OC)c([C@H]2CC(c3cccs3)=NN2C(=O)CN(C)C(=O)C2CCCC2)c1. The van der Waals surface area contributed by atoms with Gasteiger partial charge < -0.3 is 14.4 Å². The maximum atomic E-state index is 13.4. The van der Waals surface area contributed by atoms with Crippen molar-refractivity contribution in [3.8, 4) is 11.5 Å². The molecule has 1 atom stereocenters. The van der Waals surface area contributed by atoms with Crippen molar-refractivity contribution in [3.05, 3.63) is 46.2 Å². The van der Waals surface area contributed by atoms with Gasteiger partial charge in [-0.05, 0) is 42.5 Å². The van der Waals surface area contributed by atoms with Gasteiger partial charge in [0.1, 0.15) is 18.0 Å². The van der Waals surface area contributed by atoms with E-state index in [1.807, 2.05) is 35.7 Å². The summed E-state index contributed by atoms with van der Waals surface area (Å²) in [6.07, 6.45) is 4.54. The van der Waals surface area contributed by atoms with Crippen LogP contribution in [0.4, 0.5) is 0 Å². The number of amides is 2. The van der Waals surface area contributed by atoms with Crippen LogP contribution in [0.5, 0.6) is 11.5 Å². The van der Waals surface area contributed by atoms with Crippen LogP contribution < -0.4 is 9.47 Å². The van der Waals surface area contributed by atoms with E-state index < -0.39 is 0 Å². The van der Waals surface area contributed by atoms with E-state index in [0.29, 0.717) is 17.9 Å². The Morgan fingerprint density at radius 2 is 1.97 bits per heavy atom. The molecule has 0 N–H and O–H groups in total. The average molecular weight is 456 g/mol. The molecule has 1 aliphatic carbocycles. The maximum absolute atomic E-state index is 13.4. The molecule has 2 aliphatic rings. The highest BCUT2D eigenvalue weighted by atomic mass is 32.1. The molecule has 170 valence electrons. The van der Waals surface area contributed by atoms with Crippen molar-refractivity contribution in [1.29, 1.82) is 0 Å². The molecule has 2 heterocycles. The molecule has 0 unspecified atom stereocenters. The van der Waals surface area contributed by atoms with Gasteiger partial charge in [0, 0.05) is 24.9 Å². The molecule has 1 aromatic carbocycles. The summed E-state index contributed by atoms with van der Waals surface area (Å²) < 4.78 is 11.0. The Balaban J connectivity index is 1.61. The third kappa shape index (κ3) is 4.50. The van der Waals surface area contributed by atoms with Gasteiger partial charge in [-0.2, -0.15) is 5.10 Å². The van der Waals surface area contributed by atoms with Crippen LogP contribution >= 0.6 is 11.3 Å². The Bertz CT molecular complexity index is 999. The van der Waals surface area contributed by atoms with Gasteiger partial charge in [0.15, 0.2) is 0 Å². The standard InChI is InChI=1S/C24H29N3O4S/c1-26(24(29)16-7-4-5-8-16)15-23(28)27-20(14-19(25-27)22-9-6-12-32-22)18-13-17(30-2)10-11-21(18)31-3/h6,9-13,16,20H,4-5,7-8,14-15H2,1-3H3/t20-/m1/s1. The molecular weight excluding hydrogens is 426 g/mol. The average Bonchev–Trinajstić information content (AvgIpc) is 3.58. The number of methoxy groups -OCH3 is 2. The predicted molar refractivity (Wildman–Crippen MR) is 124 cm³/mol. The monoisotopic (exact) mass is 455 g/mol. The number of likely N-dealkylation sites (N-methyl/N-ethyl adjacent to an activating group) is 1. The van der Waals surface area contributed by atoms with Crippen molar-refractivity contribution in [1.82, 2.24) is 9.91 Å². The number of carbonyl (C=O) groups excluding carboxylic acids is 2. The fourth-order valence-corrected chi connectivity index (χ4v) is 5.23. The first-order valence-electron chi connectivity index (χ1n) is 10.9. The van der Waals surface area contributed by atoms with E-state index in [1.165, 1.54) is 5.01 Å². The van der Waals surface area contributed by atoms with Crippen LogP contribution in [0.3, 0.4) is 0 Å². The molecule has 0 radical (unpaired) electrons. The first kappa shape index (κ1) is 22.3. The lowest BCUT2D eigenvalue weighted by atomic mass is 9.99. The Labute approximate surface area is 192 Å². The van der Waals surface area contributed by atoms with Crippen molar-refractivity contribution in [2.75, 3.05) is 27.8 Å². The summed E-state index contributed by atoms with van der Waals surface area (Å²) in [6.45, 7) is -0.000657. The van der Waals surface area contributed by atoms with Crippen molar-refractivity contribution in [3.63, 3.8) is 0 Å². The number of benzene rings is 1. The van der Waals surface area contributed by atoms with Gasteiger partial charge >= 0.3 is 0 Å². The molecule has 2 aromatic rings. The number of ether oxygens (including phenoxy) is 2. The third-order valence-electron chi connectivity index (χ3n) is 6.22. The van der Waals surface area contributed by atoms with Gasteiger partial charge in [-0.15, -0.1) is 11.3 Å². The number of carbonyl (C=O) groups is 2. The quantitative estimate of drug-likeness (QED) is 0.630. The lowest BCUT2D eigenvalue weighted by molar-refractivity contribution is -0.142. The minimum atomic E-state index is -0.334. The van der Waals surface area contributed by atoms with Crippen LogP contribution in [0.1, 0.15) is 48.6 Å². The molecular formula is C24H29N3O4S. The second kappa shape index (κ2) is 9.73. The summed E-state index contributed by atoms with van der Waals surface area (Å²) in [4.78, 5) is 28.7. The highest BCUT2D eigenvalue weighted by Gasteiger charge is 2.36. The first-order valence-corrected chi connectivity index (χ1v) is 11.8. The molecule has 1 fully saturated rings. The molecule has 1 saturated carbocycles. The van der Waals surface area contributed by atoms with Gasteiger partial charge in [-0.1, -0.05) is 18.9 Å². The van der Waals surface area contributed by atoms with Crippen molar-refractivity contribution in [2.45, 2.75) is 38.1 Å². The molecule has 1 aromatic heterocycles. The second-order valence-electron chi connectivity index (χ2n) is 8.27. The van der Waals surface area contributed by atoms with Gasteiger partial charge in [0.2, 0.25) is 5.91 Å². The second-order valence-corrected chi connectivity index (χ2v) is 9.21. The summed E-state index contributed by atoms with van der Waals surface area (Å²) in [5.74, 6) is 1.23. The largest absolute Gasteiger partial charge is 0.497 e. The van der Waals surface area contributed by atoms with E-state index in [-0.39, 0.29) is 30.3 Å². The number of nitrogens with zero attached hydrogens (tertiary/aromatic N) is 3. The van der Waals surface area contributed by atoms with E-state index in [2.05, 4.69) is 0 Å². The molecule has 2 amide bonds. The van der Waals surface area contributed by atoms with Crippen LogP contribution in [-0.2, 0) is 9.59 Å². The van der Waals surface area contributed by atoms with E-state index in [1.54, 1.807) is 37.5 Å². The number of hydrazone groups is 1. The Kier molecular flexibility index (Phi) is 6.79. The van der Waals surface area contributed by atoms with Gasteiger partial charge in [-0.25, -0.2) is 5.01 Å². The smallest absolute Gasteiger partial charge is 0.262 e. The summed E-state index contributed by atoms with van der Waals surface area (Å²) in [5, 5.41) is 8.22. The van der Waals surface area contributed by atoms with Crippen molar-refractivity contribution in [2.24, 2.45) is 11.0 Å². The van der Waals surface area contributed by atoms with E-state index in [9.17, 15) is 9.59 Å². The minimum Gasteiger partial charge on any atom is -0.497 e. The van der Waals surface area contributed by atoms with Crippen LogP contribution in [0.2, 0.25) is 0 Å². The minimum absolute atomic E-state index is 0.000657. The predicted octanol–water partition coefficient (Wildman–Crippen LogP) is 4.09.